The van der Waals surface area contributed by atoms with Crippen LogP contribution < -0.4 is 16.6 Å². The number of amides is 1. The van der Waals surface area contributed by atoms with Crippen molar-refractivity contribution in [3.63, 3.8) is 0 Å². The Labute approximate surface area is 203 Å². The minimum atomic E-state index is -0.538. The maximum Gasteiger partial charge on any atom is 0.333 e. The molecular weight excluding hydrogens is 448 g/mol. The first-order valence-corrected chi connectivity index (χ1v) is 12.3. The SMILES string of the molecule is COCCn1cnc2c1c(=O)n(CC(=O)N[C@H]1CCN3CCC[C@@H]3C1)c(=O)n2Cc1ccccc1. The summed E-state index contributed by atoms with van der Waals surface area (Å²) in [5, 5.41) is 3.08. The van der Waals surface area contributed by atoms with Crippen molar-refractivity contribution in [1.29, 1.82) is 0 Å². The number of ether oxygens (including phenoxy) is 1. The van der Waals surface area contributed by atoms with E-state index >= 15 is 0 Å². The second kappa shape index (κ2) is 10.2. The zero-order chi connectivity index (χ0) is 24.4. The topological polar surface area (TPSA) is 103 Å². The van der Waals surface area contributed by atoms with Gasteiger partial charge in [-0.3, -0.25) is 14.2 Å². The average Bonchev–Trinajstić information content (AvgIpc) is 3.50. The second-order valence-corrected chi connectivity index (χ2v) is 9.47. The van der Waals surface area contributed by atoms with E-state index in [2.05, 4.69) is 15.2 Å². The number of aromatic nitrogens is 4. The molecule has 0 aliphatic carbocycles. The van der Waals surface area contributed by atoms with Gasteiger partial charge in [-0.05, 0) is 37.8 Å². The summed E-state index contributed by atoms with van der Waals surface area (Å²) in [6, 6.07) is 10.1. The minimum Gasteiger partial charge on any atom is -0.383 e. The van der Waals surface area contributed by atoms with Gasteiger partial charge in [0.05, 0.1) is 19.5 Å². The maximum atomic E-state index is 13.5. The zero-order valence-electron chi connectivity index (χ0n) is 20.1. The summed E-state index contributed by atoms with van der Waals surface area (Å²) in [5.74, 6) is -0.311. The number of nitrogens with zero attached hydrogens (tertiary/aromatic N) is 5. The molecule has 2 atom stereocenters. The van der Waals surface area contributed by atoms with Crippen LogP contribution in [-0.2, 0) is 29.2 Å². The van der Waals surface area contributed by atoms with Gasteiger partial charge in [-0.25, -0.2) is 14.3 Å². The lowest BCUT2D eigenvalue weighted by atomic mass is 9.97. The molecule has 2 aromatic heterocycles. The molecule has 3 aromatic rings. The number of imidazole rings is 1. The first-order chi connectivity index (χ1) is 17.0. The van der Waals surface area contributed by atoms with Crippen molar-refractivity contribution in [2.75, 3.05) is 26.8 Å². The number of benzene rings is 1. The van der Waals surface area contributed by atoms with Crippen LogP contribution in [0.1, 0.15) is 31.2 Å². The second-order valence-electron chi connectivity index (χ2n) is 9.47. The van der Waals surface area contributed by atoms with Crippen LogP contribution in [0.25, 0.3) is 11.2 Å². The number of hydrogen-bond donors (Lipinski definition) is 1. The van der Waals surface area contributed by atoms with Crippen LogP contribution in [0.15, 0.2) is 46.2 Å². The third kappa shape index (κ3) is 4.81. The van der Waals surface area contributed by atoms with E-state index in [4.69, 9.17) is 4.74 Å². The third-order valence-electron chi connectivity index (χ3n) is 7.19. The molecule has 2 saturated heterocycles. The van der Waals surface area contributed by atoms with Gasteiger partial charge in [-0.15, -0.1) is 0 Å². The first kappa shape index (κ1) is 23.5. The summed E-state index contributed by atoms with van der Waals surface area (Å²) < 4.78 is 9.37. The van der Waals surface area contributed by atoms with Crippen LogP contribution in [0.5, 0.6) is 0 Å². The lowest BCUT2D eigenvalue weighted by molar-refractivity contribution is -0.122. The number of methoxy groups -OCH3 is 1. The summed E-state index contributed by atoms with van der Waals surface area (Å²) in [6.07, 6.45) is 5.72. The Morgan fingerprint density at radius 3 is 2.77 bits per heavy atom. The fourth-order valence-corrected chi connectivity index (χ4v) is 5.42. The highest BCUT2D eigenvalue weighted by molar-refractivity contribution is 5.77. The van der Waals surface area contributed by atoms with Crippen LogP contribution in [0.3, 0.4) is 0 Å². The molecule has 0 saturated carbocycles. The smallest absolute Gasteiger partial charge is 0.333 e. The van der Waals surface area contributed by atoms with Crippen molar-refractivity contribution in [3.05, 3.63) is 63.1 Å². The molecule has 35 heavy (non-hydrogen) atoms. The monoisotopic (exact) mass is 480 g/mol. The summed E-state index contributed by atoms with van der Waals surface area (Å²) in [6.45, 7) is 2.85. The molecule has 1 N–H and O–H groups in total. The molecule has 2 fully saturated rings. The van der Waals surface area contributed by atoms with Crippen molar-refractivity contribution >= 4 is 17.1 Å². The standard InChI is InChI=1S/C25H32N6O4/c1-35-13-12-29-17-26-23-22(29)24(33)31(25(34)30(23)15-18-6-3-2-4-7-18)16-21(32)27-19-9-11-28-10-5-8-20(28)14-19/h2-4,6-7,17,19-20H,5,8-16H2,1H3,(H,27,32)/t19-,20+/m0/s1. The highest BCUT2D eigenvalue weighted by Crippen LogP contribution is 2.26. The summed E-state index contributed by atoms with van der Waals surface area (Å²) >= 11 is 0. The van der Waals surface area contributed by atoms with Gasteiger partial charge >= 0.3 is 5.69 Å². The fourth-order valence-electron chi connectivity index (χ4n) is 5.42. The summed E-state index contributed by atoms with van der Waals surface area (Å²) in [5.41, 5.74) is 0.461. The van der Waals surface area contributed by atoms with Crippen LogP contribution in [0.4, 0.5) is 0 Å². The molecule has 0 bridgehead atoms. The van der Waals surface area contributed by atoms with Crippen molar-refractivity contribution in [2.45, 2.75) is 57.4 Å². The normalized spacial score (nSPS) is 20.3. The lowest BCUT2D eigenvalue weighted by Gasteiger charge is -2.35. The van der Waals surface area contributed by atoms with E-state index in [1.54, 1.807) is 18.0 Å². The Kier molecular flexibility index (Phi) is 6.83. The van der Waals surface area contributed by atoms with Crippen molar-refractivity contribution in [3.8, 4) is 0 Å². The molecule has 1 aromatic carbocycles. The fraction of sp³-hybridized carbons (Fsp3) is 0.520. The molecule has 0 radical (unpaired) electrons. The molecule has 5 rings (SSSR count). The first-order valence-electron chi connectivity index (χ1n) is 12.3. The van der Waals surface area contributed by atoms with Gasteiger partial charge in [0, 0.05) is 32.3 Å². The molecule has 2 aliphatic rings. The number of piperidine rings is 1. The van der Waals surface area contributed by atoms with Gasteiger partial charge < -0.3 is 19.5 Å². The quantitative estimate of drug-likeness (QED) is 0.512. The van der Waals surface area contributed by atoms with Gasteiger partial charge in [0.1, 0.15) is 6.54 Å². The lowest BCUT2D eigenvalue weighted by Crippen LogP contribution is -2.50. The minimum absolute atomic E-state index is 0.0695. The van der Waals surface area contributed by atoms with Gasteiger partial charge in [-0.1, -0.05) is 30.3 Å². The van der Waals surface area contributed by atoms with E-state index in [0.717, 1.165) is 42.5 Å². The Balaban J connectivity index is 1.46. The van der Waals surface area contributed by atoms with E-state index in [9.17, 15) is 14.4 Å². The zero-order valence-corrected chi connectivity index (χ0v) is 20.1. The number of rotatable bonds is 8. The van der Waals surface area contributed by atoms with Crippen molar-refractivity contribution in [1.82, 2.24) is 28.9 Å². The highest BCUT2D eigenvalue weighted by Gasteiger charge is 2.32. The van der Waals surface area contributed by atoms with E-state index in [1.165, 1.54) is 11.0 Å². The number of hydrogen-bond acceptors (Lipinski definition) is 6. The molecule has 2 aliphatic heterocycles. The Bertz CT molecular complexity index is 1310. The Hall–Kier alpha value is -3.24. The molecule has 10 heteroatoms. The van der Waals surface area contributed by atoms with E-state index in [-0.39, 0.29) is 25.0 Å². The molecule has 4 heterocycles. The predicted molar refractivity (Wildman–Crippen MR) is 131 cm³/mol. The predicted octanol–water partition coefficient (Wildman–Crippen LogP) is 0.797. The maximum absolute atomic E-state index is 13.5. The molecular formula is C25H32N6O4. The van der Waals surface area contributed by atoms with E-state index in [1.807, 2.05) is 30.3 Å². The van der Waals surface area contributed by atoms with Crippen LogP contribution >= 0.6 is 0 Å². The van der Waals surface area contributed by atoms with E-state index in [0.29, 0.717) is 30.4 Å². The van der Waals surface area contributed by atoms with Gasteiger partial charge in [0.25, 0.3) is 5.56 Å². The average molecular weight is 481 g/mol. The van der Waals surface area contributed by atoms with Crippen molar-refractivity contribution in [2.24, 2.45) is 0 Å². The van der Waals surface area contributed by atoms with Crippen LogP contribution in [0, 0.1) is 0 Å². The van der Waals surface area contributed by atoms with E-state index < -0.39 is 11.2 Å². The highest BCUT2D eigenvalue weighted by atomic mass is 16.5. The molecule has 0 unspecified atom stereocenters. The molecule has 1 amide bonds. The molecule has 0 spiro atoms. The Morgan fingerprint density at radius 1 is 1.14 bits per heavy atom. The molecule has 10 nitrogen and oxygen atoms in total. The third-order valence-corrected chi connectivity index (χ3v) is 7.19. The number of nitrogens with one attached hydrogen (secondary N) is 1. The van der Waals surface area contributed by atoms with Gasteiger partial charge in [0.15, 0.2) is 11.2 Å². The van der Waals surface area contributed by atoms with Gasteiger partial charge in [-0.2, -0.15) is 0 Å². The Morgan fingerprint density at radius 2 is 1.97 bits per heavy atom. The van der Waals surface area contributed by atoms with Gasteiger partial charge in [0.2, 0.25) is 5.91 Å². The van der Waals surface area contributed by atoms with Crippen LogP contribution in [0.2, 0.25) is 0 Å². The largest absolute Gasteiger partial charge is 0.383 e. The molecule has 186 valence electrons. The number of carbonyl (C=O) groups excluding carboxylic acids is 1. The summed E-state index contributed by atoms with van der Waals surface area (Å²) in [7, 11) is 1.59. The summed E-state index contributed by atoms with van der Waals surface area (Å²) in [4.78, 5) is 46.8. The van der Waals surface area contributed by atoms with Crippen molar-refractivity contribution < 1.29 is 9.53 Å². The number of fused-ring (bicyclic) bond motifs is 2. The number of carbonyl (C=O) groups is 1. The van der Waals surface area contributed by atoms with Crippen LogP contribution in [-0.4, -0.2) is 68.4 Å².